The smallest absolute Gasteiger partial charge is 0.118 e. The van der Waals surface area contributed by atoms with E-state index in [2.05, 4.69) is 6.07 Å². The van der Waals surface area contributed by atoms with Crippen molar-refractivity contribution in [2.75, 3.05) is 6.54 Å². The summed E-state index contributed by atoms with van der Waals surface area (Å²) in [4.78, 5) is 0. The molecule has 13 heavy (non-hydrogen) atoms. The van der Waals surface area contributed by atoms with Crippen molar-refractivity contribution in [1.29, 1.82) is 0 Å². The molecule has 1 aromatic rings. The molecule has 0 unspecified atom stereocenters. The van der Waals surface area contributed by atoms with E-state index in [0.717, 1.165) is 18.4 Å². The van der Waals surface area contributed by atoms with Crippen LogP contribution in [0.15, 0.2) is 18.2 Å². The number of nitrogens with two attached hydrogens (primary N) is 1. The Labute approximate surface area is 78.4 Å². The van der Waals surface area contributed by atoms with E-state index >= 15 is 0 Å². The first-order valence-corrected chi connectivity index (χ1v) is 4.68. The molecule has 1 fully saturated rings. The molecule has 1 aliphatic carbocycles. The van der Waals surface area contributed by atoms with Gasteiger partial charge in [0.2, 0.25) is 0 Å². The lowest BCUT2D eigenvalue weighted by molar-refractivity contribution is 0.469. The molecule has 0 aromatic heterocycles. The van der Waals surface area contributed by atoms with Gasteiger partial charge in [0.1, 0.15) is 5.75 Å². The number of phenols is 1. The van der Waals surface area contributed by atoms with Gasteiger partial charge in [-0.1, -0.05) is 12.1 Å². The van der Waals surface area contributed by atoms with Crippen molar-refractivity contribution in [2.45, 2.75) is 25.2 Å². The fourth-order valence-electron chi connectivity index (χ4n) is 1.70. The van der Waals surface area contributed by atoms with Crippen LogP contribution in [0.2, 0.25) is 0 Å². The maximum Gasteiger partial charge on any atom is 0.118 e. The van der Waals surface area contributed by atoms with Crippen LogP contribution >= 0.6 is 0 Å². The second-order valence-electron chi connectivity index (χ2n) is 3.99. The fraction of sp³-hybridized carbons (Fsp3) is 0.455. The molecule has 0 heterocycles. The van der Waals surface area contributed by atoms with Crippen LogP contribution in [0.1, 0.15) is 24.0 Å². The quantitative estimate of drug-likeness (QED) is 0.722. The molecule has 0 bridgehead atoms. The highest BCUT2D eigenvalue weighted by molar-refractivity contribution is 5.41. The Balaban J connectivity index is 2.37. The highest BCUT2D eigenvalue weighted by Gasteiger charge is 2.42. The number of aryl methyl sites for hydroxylation is 1. The first-order chi connectivity index (χ1) is 6.18. The molecule has 2 rings (SSSR count). The van der Waals surface area contributed by atoms with E-state index < -0.39 is 0 Å². The Morgan fingerprint density at radius 1 is 1.46 bits per heavy atom. The molecule has 2 nitrogen and oxygen atoms in total. The third-order valence-corrected chi connectivity index (χ3v) is 3.07. The van der Waals surface area contributed by atoms with Crippen LogP contribution in [0.3, 0.4) is 0 Å². The third kappa shape index (κ3) is 1.31. The molecule has 0 atom stereocenters. The summed E-state index contributed by atoms with van der Waals surface area (Å²) in [6.45, 7) is 2.59. The van der Waals surface area contributed by atoms with Crippen LogP contribution in [0.25, 0.3) is 0 Å². The van der Waals surface area contributed by atoms with E-state index in [4.69, 9.17) is 5.73 Å². The largest absolute Gasteiger partial charge is 0.508 e. The molecule has 1 aliphatic rings. The molecule has 0 spiro atoms. The highest BCUT2D eigenvalue weighted by atomic mass is 16.3. The Morgan fingerprint density at radius 2 is 2.15 bits per heavy atom. The van der Waals surface area contributed by atoms with Gasteiger partial charge in [0, 0.05) is 12.0 Å². The predicted molar refractivity (Wildman–Crippen MR) is 52.8 cm³/mol. The minimum absolute atomic E-state index is 0.186. The number of phenolic OH excluding ortho intramolecular Hbond substituents is 1. The van der Waals surface area contributed by atoms with Crippen LogP contribution in [-0.2, 0) is 5.41 Å². The van der Waals surface area contributed by atoms with Crippen LogP contribution in [0, 0.1) is 6.92 Å². The van der Waals surface area contributed by atoms with Crippen LogP contribution < -0.4 is 5.73 Å². The topological polar surface area (TPSA) is 46.2 Å². The summed E-state index contributed by atoms with van der Waals surface area (Å²) < 4.78 is 0. The normalized spacial score (nSPS) is 18.6. The second-order valence-corrected chi connectivity index (χ2v) is 3.99. The molecule has 0 saturated heterocycles. The molecule has 1 saturated carbocycles. The van der Waals surface area contributed by atoms with E-state index in [-0.39, 0.29) is 5.41 Å². The summed E-state index contributed by atoms with van der Waals surface area (Å²) in [7, 11) is 0. The standard InChI is InChI=1S/C11H15NO/c1-8-2-3-9(6-10(8)13)11(7-12)4-5-11/h2-3,6,13H,4-5,7,12H2,1H3. The van der Waals surface area contributed by atoms with Crippen LogP contribution in [-0.4, -0.2) is 11.7 Å². The van der Waals surface area contributed by atoms with Gasteiger partial charge in [-0.15, -0.1) is 0 Å². The minimum atomic E-state index is 0.186. The van der Waals surface area contributed by atoms with Crippen molar-refractivity contribution >= 4 is 0 Å². The lowest BCUT2D eigenvalue weighted by atomic mass is 9.95. The summed E-state index contributed by atoms with van der Waals surface area (Å²) in [5.74, 6) is 0.386. The van der Waals surface area contributed by atoms with Crippen LogP contribution in [0.4, 0.5) is 0 Å². The predicted octanol–water partition coefficient (Wildman–Crippen LogP) is 1.69. The van der Waals surface area contributed by atoms with Gasteiger partial charge in [-0.2, -0.15) is 0 Å². The van der Waals surface area contributed by atoms with Gasteiger partial charge < -0.3 is 10.8 Å². The zero-order valence-electron chi connectivity index (χ0n) is 7.88. The zero-order chi connectivity index (χ0) is 9.47. The summed E-state index contributed by atoms with van der Waals surface area (Å²) in [6, 6.07) is 5.89. The van der Waals surface area contributed by atoms with Crippen molar-refractivity contribution in [3.05, 3.63) is 29.3 Å². The molecular formula is C11H15NO. The monoisotopic (exact) mass is 177 g/mol. The van der Waals surface area contributed by atoms with Gasteiger partial charge in [0.05, 0.1) is 0 Å². The number of rotatable bonds is 2. The van der Waals surface area contributed by atoms with E-state index in [1.807, 2.05) is 19.1 Å². The zero-order valence-corrected chi connectivity index (χ0v) is 7.88. The van der Waals surface area contributed by atoms with E-state index in [1.165, 1.54) is 5.56 Å². The number of hydrogen-bond donors (Lipinski definition) is 2. The van der Waals surface area contributed by atoms with Gasteiger partial charge in [0.25, 0.3) is 0 Å². The second kappa shape index (κ2) is 2.74. The fourth-order valence-corrected chi connectivity index (χ4v) is 1.70. The van der Waals surface area contributed by atoms with E-state index in [9.17, 15) is 5.11 Å². The summed E-state index contributed by atoms with van der Waals surface area (Å²) in [5, 5.41) is 9.55. The summed E-state index contributed by atoms with van der Waals surface area (Å²) in [6.07, 6.45) is 2.32. The summed E-state index contributed by atoms with van der Waals surface area (Å²) >= 11 is 0. The number of hydrogen-bond acceptors (Lipinski definition) is 2. The van der Waals surface area contributed by atoms with Crippen molar-refractivity contribution in [1.82, 2.24) is 0 Å². The first-order valence-electron chi connectivity index (χ1n) is 4.68. The molecule has 0 aliphatic heterocycles. The molecule has 0 radical (unpaired) electrons. The van der Waals surface area contributed by atoms with Gasteiger partial charge in [-0.3, -0.25) is 0 Å². The minimum Gasteiger partial charge on any atom is -0.508 e. The average Bonchev–Trinajstić information content (AvgIpc) is 2.90. The first kappa shape index (κ1) is 8.57. The van der Waals surface area contributed by atoms with E-state index in [1.54, 1.807) is 0 Å². The van der Waals surface area contributed by atoms with Crippen molar-refractivity contribution in [3.8, 4) is 5.75 Å². The summed E-state index contributed by atoms with van der Waals surface area (Å²) in [5.41, 5.74) is 8.01. The highest BCUT2D eigenvalue weighted by Crippen LogP contribution is 2.47. The van der Waals surface area contributed by atoms with Gasteiger partial charge >= 0.3 is 0 Å². The van der Waals surface area contributed by atoms with Gasteiger partial charge in [-0.25, -0.2) is 0 Å². The van der Waals surface area contributed by atoms with Gasteiger partial charge in [-0.05, 0) is 37.0 Å². The Morgan fingerprint density at radius 3 is 2.62 bits per heavy atom. The maximum atomic E-state index is 9.55. The SMILES string of the molecule is Cc1ccc(C2(CN)CC2)cc1O. The van der Waals surface area contributed by atoms with Crippen molar-refractivity contribution in [3.63, 3.8) is 0 Å². The molecule has 0 amide bonds. The van der Waals surface area contributed by atoms with Crippen molar-refractivity contribution < 1.29 is 5.11 Å². The molecule has 70 valence electrons. The van der Waals surface area contributed by atoms with Crippen LogP contribution in [0.5, 0.6) is 5.75 Å². The van der Waals surface area contributed by atoms with Gasteiger partial charge in [0.15, 0.2) is 0 Å². The average molecular weight is 177 g/mol. The Bertz CT molecular complexity index is 329. The lowest BCUT2D eigenvalue weighted by Gasteiger charge is -2.13. The molecule has 1 aromatic carbocycles. The molecule has 3 N–H and O–H groups in total. The lowest BCUT2D eigenvalue weighted by Crippen LogP contribution is -2.19. The molecular weight excluding hydrogens is 162 g/mol. The Hall–Kier alpha value is -1.02. The third-order valence-electron chi connectivity index (χ3n) is 3.07. The maximum absolute atomic E-state index is 9.55. The number of benzene rings is 1. The van der Waals surface area contributed by atoms with Crippen molar-refractivity contribution in [2.24, 2.45) is 5.73 Å². The molecule has 2 heteroatoms. The Kier molecular flexibility index (Phi) is 1.81. The number of aromatic hydroxyl groups is 1. The van der Waals surface area contributed by atoms with E-state index in [0.29, 0.717) is 12.3 Å².